The van der Waals surface area contributed by atoms with Gasteiger partial charge in [0.2, 0.25) is 5.89 Å². The van der Waals surface area contributed by atoms with Crippen LogP contribution < -0.4 is 0 Å². The molecule has 0 unspecified atom stereocenters. The summed E-state index contributed by atoms with van der Waals surface area (Å²) in [5.74, 6) is 0.150. The number of rotatable bonds is 1. The number of aromatic nitrogens is 1. The first-order valence-electron chi connectivity index (χ1n) is 7.91. The molecule has 27 heavy (non-hydrogen) atoms. The molecule has 1 aromatic heterocycles. The smallest absolute Gasteiger partial charge is 0.227 e. The summed E-state index contributed by atoms with van der Waals surface area (Å²) in [5, 5.41) is 0. The third-order valence-corrected chi connectivity index (χ3v) is 4.45. The Hall–Kier alpha value is -2.95. The molecule has 0 saturated carbocycles. The highest BCUT2D eigenvalue weighted by Crippen LogP contribution is 2.32. The fourth-order valence-electron chi connectivity index (χ4n) is 3.22. The predicted molar refractivity (Wildman–Crippen MR) is 107 cm³/mol. The van der Waals surface area contributed by atoms with Crippen LogP contribution in [0.25, 0.3) is 22.6 Å². The van der Waals surface area contributed by atoms with Crippen LogP contribution in [-0.4, -0.2) is 16.6 Å². The average Bonchev–Trinajstić information content (AvgIpc) is 3.09. The third kappa shape index (κ3) is 2.83. The largest absolute Gasteiger partial charge is 0.436 e. The lowest BCUT2D eigenvalue weighted by Crippen LogP contribution is -2.20. The molecular weight excluding hydrogens is 385 g/mol. The third-order valence-electron chi connectivity index (χ3n) is 4.45. The minimum absolute atomic E-state index is 0. The lowest BCUT2D eigenvalue weighted by atomic mass is 9.84. The number of oxazole rings is 1. The number of carbonyl (C=O) groups is 2. The van der Waals surface area contributed by atoms with Gasteiger partial charge in [-0.25, -0.2) is 4.98 Å². The minimum Gasteiger partial charge on any atom is -0.436 e. The molecule has 0 amide bonds. The van der Waals surface area contributed by atoms with E-state index in [2.05, 4.69) is 4.98 Å². The van der Waals surface area contributed by atoms with Crippen molar-refractivity contribution in [3.05, 3.63) is 89.0 Å². The Kier molecular flexibility index (Phi) is 4.87. The molecule has 1 heterocycles. The SMILES string of the molecule is Cl.Cl.O=C1c2ccccc2C(=O)c2cc3oc(-c4ccccc4)nc3cc21. The van der Waals surface area contributed by atoms with Crippen LogP contribution in [0.1, 0.15) is 31.8 Å². The van der Waals surface area contributed by atoms with Crippen LogP contribution in [0.3, 0.4) is 0 Å². The van der Waals surface area contributed by atoms with Crippen molar-refractivity contribution in [1.29, 1.82) is 0 Å². The predicted octanol–water partition coefficient (Wildman–Crippen LogP) is 5.11. The van der Waals surface area contributed by atoms with Crippen molar-refractivity contribution in [2.75, 3.05) is 0 Å². The van der Waals surface area contributed by atoms with Crippen molar-refractivity contribution in [2.45, 2.75) is 0 Å². The summed E-state index contributed by atoms with van der Waals surface area (Å²) >= 11 is 0. The molecule has 1 aliphatic rings. The summed E-state index contributed by atoms with van der Waals surface area (Å²) < 4.78 is 5.82. The van der Waals surface area contributed by atoms with Crippen LogP contribution >= 0.6 is 24.8 Å². The van der Waals surface area contributed by atoms with E-state index in [0.717, 1.165) is 5.56 Å². The van der Waals surface area contributed by atoms with Gasteiger partial charge in [0.05, 0.1) is 0 Å². The number of carbonyl (C=O) groups excluding carboxylic acids is 2. The maximum Gasteiger partial charge on any atom is 0.227 e. The second-order valence-corrected chi connectivity index (χ2v) is 5.95. The van der Waals surface area contributed by atoms with Gasteiger partial charge in [-0.3, -0.25) is 9.59 Å². The van der Waals surface area contributed by atoms with E-state index in [1.807, 2.05) is 30.3 Å². The standard InChI is InChI=1S/C21H11NO3.2ClH/c23-19-13-8-4-5-9-14(13)20(24)16-11-18-17(10-15(16)19)22-21(25-18)12-6-2-1-3-7-12;;/h1-11H;2*1H. The van der Waals surface area contributed by atoms with Crippen LogP contribution in [0.15, 0.2) is 71.1 Å². The van der Waals surface area contributed by atoms with E-state index in [1.54, 1.807) is 36.4 Å². The highest BCUT2D eigenvalue weighted by molar-refractivity contribution is 6.29. The Morgan fingerprint density at radius 1 is 0.667 bits per heavy atom. The van der Waals surface area contributed by atoms with Crippen LogP contribution in [0.5, 0.6) is 0 Å². The first-order valence-corrected chi connectivity index (χ1v) is 7.91. The Morgan fingerprint density at radius 3 is 1.85 bits per heavy atom. The zero-order valence-electron chi connectivity index (χ0n) is 13.8. The van der Waals surface area contributed by atoms with Gasteiger partial charge in [-0.1, -0.05) is 42.5 Å². The number of hydrogen-bond acceptors (Lipinski definition) is 4. The van der Waals surface area contributed by atoms with E-state index in [4.69, 9.17) is 4.42 Å². The molecule has 0 atom stereocenters. The Bertz CT molecular complexity index is 1110. The van der Waals surface area contributed by atoms with Gasteiger partial charge >= 0.3 is 0 Å². The first-order chi connectivity index (χ1) is 12.2. The molecule has 0 N–H and O–H groups in total. The number of benzene rings is 3. The maximum absolute atomic E-state index is 12.8. The second-order valence-electron chi connectivity index (χ2n) is 5.95. The topological polar surface area (TPSA) is 60.2 Å². The summed E-state index contributed by atoms with van der Waals surface area (Å²) in [6.45, 7) is 0. The van der Waals surface area contributed by atoms with Gasteiger partial charge in [-0.05, 0) is 24.3 Å². The van der Waals surface area contributed by atoms with Crippen LogP contribution in [0, 0.1) is 0 Å². The summed E-state index contributed by atoms with van der Waals surface area (Å²) in [4.78, 5) is 30.0. The zero-order chi connectivity index (χ0) is 17.0. The van der Waals surface area contributed by atoms with Crippen molar-refractivity contribution >= 4 is 47.5 Å². The highest BCUT2D eigenvalue weighted by atomic mass is 35.5. The number of fused-ring (bicyclic) bond motifs is 3. The summed E-state index contributed by atoms with van der Waals surface area (Å²) in [6, 6.07) is 19.7. The molecule has 0 aliphatic heterocycles. The molecular formula is C21H13Cl2NO3. The van der Waals surface area contributed by atoms with E-state index in [0.29, 0.717) is 39.2 Å². The van der Waals surface area contributed by atoms with E-state index in [-0.39, 0.29) is 36.4 Å². The lowest BCUT2D eigenvalue weighted by molar-refractivity contribution is 0.0979. The van der Waals surface area contributed by atoms with Gasteiger partial charge in [-0.2, -0.15) is 0 Å². The van der Waals surface area contributed by atoms with E-state index in [1.165, 1.54) is 0 Å². The lowest BCUT2D eigenvalue weighted by Gasteiger charge is -2.16. The Balaban J connectivity index is 0.00000105. The molecule has 0 spiro atoms. The monoisotopic (exact) mass is 397 g/mol. The number of halogens is 2. The van der Waals surface area contributed by atoms with Gasteiger partial charge in [0.15, 0.2) is 17.1 Å². The molecule has 0 radical (unpaired) electrons. The fraction of sp³-hybridized carbons (Fsp3) is 0. The molecule has 5 rings (SSSR count). The van der Waals surface area contributed by atoms with Crippen molar-refractivity contribution in [3.8, 4) is 11.5 Å². The van der Waals surface area contributed by atoms with Crippen molar-refractivity contribution < 1.29 is 14.0 Å². The normalized spacial score (nSPS) is 12.0. The maximum atomic E-state index is 12.8. The Labute approximate surface area is 167 Å². The molecule has 0 fully saturated rings. The van der Waals surface area contributed by atoms with Gasteiger partial charge < -0.3 is 4.42 Å². The summed E-state index contributed by atoms with van der Waals surface area (Å²) in [6.07, 6.45) is 0. The fourth-order valence-corrected chi connectivity index (χ4v) is 3.22. The number of ketones is 2. The van der Waals surface area contributed by atoms with E-state index >= 15 is 0 Å². The average molecular weight is 398 g/mol. The van der Waals surface area contributed by atoms with Crippen LogP contribution in [0.4, 0.5) is 0 Å². The van der Waals surface area contributed by atoms with Crippen molar-refractivity contribution in [3.63, 3.8) is 0 Å². The number of hydrogen-bond donors (Lipinski definition) is 0. The molecule has 4 nitrogen and oxygen atoms in total. The van der Waals surface area contributed by atoms with Gasteiger partial charge in [0, 0.05) is 27.8 Å². The van der Waals surface area contributed by atoms with E-state index < -0.39 is 0 Å². The minimum atomic E-state index is -0.162. The van der Waals surface area contributed by atoms with Crippen molar-refractivity contribution in [2.24, 2.45) is 0 Å². The summed E-state index contributed by atoms with van der Waals surface area (Å²) in [7, 11) is 0. The van der Waals surface area contributed by atoms with E-state index in [9.17, 15) is 9.59 Å². The van der Waals surface area contributed by atoms with Gasteiger partial charge in [0.1, 0.15) is 5.52 Å². The van der Waals surface area contributed by atoms with Crippen molar-refractivity contribution in [1.82, 2.24) is 4.98 Å². The molecule has 6 heteroatoms. The molecule has 3 aromatic carbocycles. The quantitative estimate of drug-likeness (QED) is 0.394. The molecule has 1 aliphatic carbocycles. The van der Waals surface area contributed by atoms with Gasteiger partial charge in [0.25, 0.3) is 0 Å². The molecule has 0 bridgehead atoms. The molecule has 134 valence electrons. The zero-order valence-corrected chi connectivity index (χ0v) is 15.5. The van der Waals surface area contributed by atoms with Crippen LogP contribution in [0.2, 0.25) is 0 Å². The first kappa shape index (κ1) is 18.8. The van der Waals surface area contributed by atoms with Gasteiger partial charge in [-0.15, -0.1) is 24.8 Å². The second kappa shape index (κ2) is 6.99. The Morgan fingerprint density at radius 2 is 1.22 bits per heavy atom. The highest BCUT2D eigenvalue weighted by Gasteiger charge is 2.30. The summed E-state index contributed by atoms with van der Waals surface area (Å²) in [5.41, 5.74) is 3.53. The molecule has 0 saturated heterocycles. The van der Waals surface area contributed by atoms with Crippen LogP contribution in [-0.2, 0) is 0 Å². The number of nitrogens with zero attached hydrogens (tertiary/aromatic N) is 1. The molecule has 4 aromatic rings.